The van der Waals surface area contributed by atoms with Crippen LogP contribution in [-0.2, 0) is 16.1 Å². The van der Waals surface area contributed by atoms with E-state index in [9.17, 15) is 9.59 Å². The first-order valence-electron chi connectivity index (χ1n) is 7.77. The second-order valence-electron chi connectivity index (χ2n) is 5.04. The molecule has 0 unspecified atom stereocenters. The average Bonchev–Trinajstić information content (AvgIpc) is 2.54. The van der Waals surface area contributed by atoms with E-state index in [0.29, 0.717) is 25.9 Å². The summed E-state index contributed by atoms with van der Waals surface area (Å²) < 4.78 is 5.14. The highest BCUT2D eigenvalue weighted by Gasteiger charge is 2.27. The number of nitrogens with one attached hydrogen (secondary N) is 1. The van der Waals surface area contributed by atoms with Crippen LogP contribution < -0.4 is 10.1 Å². The van der Waals surface area contributed by atoms with Crippen molar-refractivity contribution >= 4 is 11.8 Å². The number of benzene rings is 1. The molecule has 0 fully saturated rings. The largest absolute Gasteiger partial charge is 0.497 e. The van der Waals surface area contributed by atoms with Crippen molar-refractivity contribution in [3.8, 4) is 5.75 Å². The quantitative estimate of drug-likeness (QED) is 0.802. The first-order valence-corrected chi connectivity index (χ1v) is 7.77. The normalized spacial score (nSPS) is 11.6. The van der Waals surface area contributed by atoms with Crippen LogP contribution in [0.15, 0.2) is 24.3 Å². The number of ether oxygens (including phenoxy) is 1. The lowest BCUT2D eigenvalue weighted by Crippen LogP contribution is -2.48. The molecule has 1 atom stereocenters. The Balaban J connectivity index is 2.95. The number of carbonyl (C=O) groups is 2. The average molecular weight is 306 g/mol. The molecule has 1 aromatic rings. The Kier molecular flexibility index (Phi) is 7.43. The number of likely N-dealkylation sites (N-methyl/N-ethyl adjacent to an activating group) is 1. The molecule has 0 saturated heterocycles. The van der Waals surface area contributed by atoms with E-state index >= 15 is 0 Å². The van der Waals surface area contributed by atoms with Crippen molar-refractivity contribution in [1.82, 2.24) is 10.2 Å². The van der Waals surface area contributed by atoms with Gasteiger partial charge in [0.1, 0.15) is 11.8 Å². The third-order valence-corrected chi connectivity index (χ3v) is 3.55. The molecule has 5 nitrogen and oxygen atoms in total. The summed E-state index contributed by atoms with van der Waals surface area (Å²) in [7, 11) is 1.62. The lowest BCUT2D eigenvalue weighted by molar-refractivity contribution is -0.141. The van der Waals surface area contributed by atoms with Crippen molar-refractivity contribution in [3.05, 3.63) is 29.8 Å². The molecule has 0 aliphatic carbocycles. The van der Waals surface area contributed by atoms with Gasteiger partial charge >= 0.3 is 0 Å². The molecule has 1 rings (SSSR count). The molecule has 2 amide bonds. The van der Waals surface area contributed by atoms with Crippen molar-refractivity contribution in [2.75, 3.05) is 13.7 Å². The van der Waals surface area contributed by atoms with E-state index in [0.717, 1.165) is 11.3 Å². The van der Waals surface area contributed by atoms with Gasteiger partial charge in [-0.25, -0.2) is 0 Å². The highest BCUT2D eigenvalue weighted by atomic mass is 16.5. The second-order valence-corrected chi connectivity index (χ2v) is 5.04. The Morgan fingerprint density at radius 1 is 1.18 bits per heavy atom. The van der Waals surface area contributed by atoms with Gasteiger partial charge in [-0.15, -0.1) is 0 Å². The summed E-state index contributed by atoms with van der Waals surface area (Å²) in [4.78, 5) is 26.1. The molecule has 1 aromatic carbocycles. The van der Waals surface area contributed by atoms with Crippen LogP contribution in [0.4, 0.5) is 0 Å². The van der Waals surface area contributed by atoms with Gasteiger partial charge < -0.3 is 15.0 Å². The third-order valence-electron chi connectivity index (χ3n) is 3.55. The van der Waals surface area contributed by atoms with E-state index in [2.05, 4.69) is 5.32 Å². The fourth-order valence-electron chi connectivity index (χ4n) is 2.34. The standard InChI is InChI=1S/C17H26N2O3/c1-5-15(17(21)18-7-3)19(16(20)6-2)12-13-8-10-14(22-4)11-9-13/h8-11,15H,5-7,12H2,1-4H3,(H,18,21)/t15-/m0/s1. The first-order chi connectivity index (χ1) is 10.6. The molecule has 5 heteroatoms. The predicted molar refractivity (Wildman–Crippen MR) is 86.6 cm³/mol. The van der Waals surface area contributed by atoms with Gasteiger partial charge in [-0.3, -0.25) is 9.59 Å². The van der Waals surface area contributed by atoms with Crippen molar-refractivity contribution in [1.29, 1.82) is 0 Å². The van der Waals surface area contributed by atoms with Crippen LogP contribution >= 0.6 is 0 Å². The fourth-order valence-corrected chi connectivity index (χ4v) is 2.34. The van der Waals surface area contributed by atoms with Gasteiger partial charge in [-0.1, -0.05) is 26.0 Å². The molecule has 122 valence electrons. The van der Waals surface area contributed by atoms with Gasteiger partial charge in [0.15, 0.2) is 0 Å². The first kappa shape index (κ1) is 18.0. The number of rotatable bonds is 8. The van der Waals surface area contributed by atoms with Crippen molar-refractivity contribution in [3.63, 3.8) is 0 Å². The van der Waals surface area contributed by atoms with E-state index in [1.807, 2.05) is 45.0 Å². The van der Waals surface area contributed by atoms with Crippen LogP contribution in [0, 0.1) is 0 Å². The maximum atomic E-state index is 12.3. The van der Waals surface area contributed by atoms with Crippen molar-refractivity contribution in [2.45, 2.75) is 46.2 Å². The molecule has 0 radical (unpaired) electrons. The third kappa shape index (κ3) is 4.76. The summed E-state index contributed by atoms with van der Waals surface area (Å²) >= 11 is 0. The van der Waals surface area contributed by atoms with Crippen molar-refractivity contribution in [2.24, 2.45) is 0 Å². The number of hydrogen-bond donors (Lipinski definition) is 1. The van der Waals surface area contributed by atoms with Gasteiger partial charge in [0, 0.05) is 19.5 Å². The molecular formula is C17H26N2O3. The fraction of sp³-hybridized carbons (Fsp3) is 0.529. The molecule has 0 saturated carbocycles. The zero-order valence-corrected chi connectivity index (χ0v) is 13.9. The lowest BCUT2D eigenvalue weighted by atomic mass is 10.1. The Morgan fingerprint density at radius 2 is 1.82 bits per heavy atom. The van der Waals surface area contributed by atoms with Crippen LogP contribution in [0.25, 0.3) is 0 Å². The minimum atomic E-state index is -0.436. The predicted octanol–water partition coefficient (Wildman–Crippen LogP) is 2.35. The van der Waals surface area contributed by atoms with Gasteiger partial charge in [0.2, 0.25) is 11.8 Å². The molecule has 1 N–H and O–H groups in total. The van der Waals surface area contributed by atoms with Gasteiger partial charge in [-0.05, 0) is 31.0 Å². The Morgan fingerprint density at radius 3 is 2.27 bits per heavy atom. The van der Waals surface area contributed by atoms with Gasteiger partial charge in [0.05, 0.1) is 7.11 Å². The van der Waals surface area contributed by atoms with Crippen LogP contribution in [0.2, 0.25) is 0 Å². The van der Waals surface area contributed by atoms with E-state index < -0.39 is 6.04 Å². The summed E-state index contributed by atoms with van der Waals surface area (Å²) in [5.41, 5.74) is 0.977. The summed E-state index contributed by atoms with van der Waals surface area (Å²) in [6.45, 7) is 6.59. The summed E-state index contributed by atoms with van der Waals surface area (Å²) in [5.74, 6) is 0.655. The number of amides is 2. The maximum Gasteiger partial charge on any atom is 0.242 e. The number of hydrogen-bond acceptors (Lipinski definition) is 3. The number of nitrogens with zero attached hydrogens (tertiary/aromatic N) is 1. The van der Waals surface area contributed by atoms with Crippen LogP contribution in [0.5, 0.6) is 5.75 Å². The highest BCUT2D eigenvalue weighted by Crippen LogP contribution is 2.16. The SMILES string of the molecule is CCNC(=O)[C@H](CC)N(Cc1ccc(OC)cc1)C(=O)CC. The van der Waals surface area contributed by atoms with Crippen LogP contribution in [0.3, 0.4) is 0 Å². The van der Waals surface area contributed by atoms with E-state index in [-0.39, 0.29) is 11.8 Å². The van der Waals surface area contributed by atoms with Crippen LogP contribution in [-0.4, -0.2) is 36.4 Å². The van der Waals surface area contributed by atoms with E-state index in [4.69, 9.17) is 4.74 Å². The number of carbonyl (C=O) groups excluding carboxylic acids is 2. The zero-order chi connectivity index (χ0) is 16.5. The highest BCUT2D eigenvalue weighted by molar-refractivity contribution is 5.87. The summed E-state index contributed by atoms with van der Waals surface area (Å²) in [5, 5.41) is 2.81. The molecule has 0 aromatic heterocycles. The smallest absolute Gasteiger partial charge is 0.242 e. The summed E-state index contributed by atoms with van der Waals surface area (Å²) in [6.07, 6.45) is 0.972. The van der Waals surface area contributed by atoms with E-state index in [1.54, 1.807) is 12.0 Å². The summed E-state index contributed by atoms with van der Waals surface area (Å²) in [6, 6.07) is 7.11. The number of methoxy groups -OCH3 is 1. The lowest BCUT2D eigenvalue weighted by Gasteiger charge is -2.30. The molecule has 0 aliphatic heterocycles. The van der Waals surface area contributed by atoms with Gasteiger partial charge in [-0.2, -0.15) is 0 Å². The minimum absolute atomic E-state index is 0.0195. The van der Waals surface area contributed by atoms with Crippen LogP contribution in [0.1, 0.15) is 39.2 Å². The topological polar surface area (TPSA) is 58.6 Å². The van der Waals surface area contributed by atoms with Gasteiger partial charge in [0.25, 0.3) is 0 Å². The molecule has 22 heavy (non-hydrogen) atoms. The minimum Gasteiger partial charge on any atom is -0.497 e. The molecule has 0 spiro atoms. The Hall–Kier alpha value is -2.04. The molecule has 0 aliphatic rings. The second kappa shape index (κ2) is 9.07. The monoisotopic (exact) mass is 306 g/mol. The van der Waals surface area contributed by atoms with E-state index in [1.165, 1.54) is 0 Å². The molecule has 0 bridgehead atoms. The maximum absolute atomic E-state index is 12.3. The Labute approximate surface area is 132 Å². The Bertz CT molecular complexity index is 485. The van der Waals surface area contributed by atoms with Crippen molar-refractivity contribution < 1.29 is 14.3 Å². The zero-order valence-electron chi connectivity index (χ0n) is 13.9. The molecular weight excluding hydrogens is 280 g/mol. The molecule has 0 heterocycles.